The molecule has 0 aliphatic carbocycles. The van der Waals surface area contributed by atoms with E-state index in [1.807, 2.05) is 23.4 Å². The number of amides is 1. The second kappa shape index (κ2) is 13.1. The summed E-state index contributed by atoms with van der Waals surface area (Å²) in [5.41, 5.74) is 1.70. The number of carboxylic acid groups (broad SMARTS) is 2. The lowest BCUT2D eigenvalue weighted by Crippen LogP contribution is -2.43. The zero-order valence-electron chi connectivity index (χ0n) is 19.6. The van der Waals surface area contributed by atoms with Gasteiger partial charge in [-0.25, -0.2) is 14.6 Å². The molecule has 2 fully saturated rings. The van der Waals surface area contributed by atoms with Crippen LogP contribution in [0.4, 0.5) is 26.3 Å². The first-order chi connectivity index (χ1) is 17.7. The molecule has 0 unspecified atom stereocenters. The molecule has 4 heterocycles. The normalized spacial score (nSPS) is 19.3. The van der Waals surface area contributed by atoms with Crippen LogP contribution in [0.2, 0.25) is 0 Å². The number of fused-ring (bicyclic) bond motifs is 1. The van der Waals surface area contributed by atoms with Crippen molar-refractivity contribution < 1.29 is 50.9 Å². The molecule has 208 valence electrons. The van der Waals surface area contributed by atoms with E-state index in [0.29, 0.717) is 17.5 Å². The SMILES string of the molecule is O=C(O)C(F)(F)F.O=C(O)C(F)(F)F.O=C(c1cnccn1)N1CC[C@@H]2CN(Cc3cccnc3)C[C@@H]2C1. The van der Waals surface area contributed by atoms with E-state index in [-0.39, 0.29) is 5.91 Å². The summed E-state index contributed by atoms with van der Waals surface area (Å²) in [6.45, 7) is 4.75. The quantitative estimate of drug-likeness (QED) is 0.552. The van der Waals surface area contributed by atoms with Crippen LogP contribution < -0.4 is 0 Å². The van der Waals surface area contributed by atoms with Crippen LogP contribution in [0, 0.1) is 11.8 Å². The van der Waals surface area contributed by atoms with Gasteiger partial charge >= 0.3 is 24.3 Å². The van der Waals surface area contributed by atoms with E-state index in [0.717, 1.165) is 39.1 Å². The summed E-state index contributed by atoms with van der Waals surface area (Å²) >= 11 is 0. The van der Waals surface area contributed by atoms with Gasteiger partial charge in [0, 0.05) is 57.5 Å². The van der Waals surface area contributed by atoms with E-state index >= 15 is 0 Å². The molecular formula is C22H23F6N5O5. The first-order valence-electron chi connectivity index (χ1n) is 10.9. The van der Waals surface area contributed by atoms with E-state index < -0.39 is 24.3 Å². The largest absolute Gasteiger partial charge is 0.490 e. The zero-order valence-corrected chi connectivity index (χ0v) is 19.6. The molecule has 1 amide bonds. The first-order valence-corrected chi connectivity index (χ1v) is 10.9. The average Bonchev–Trinajstić information content (AvgIpc) is 3.26. The van der Waals surface area contributed by atoms with E-state index in [1.54, 1.807) is 18.6 Å². The smallest absolute Gasteiger partial charge is 0.475 e. The molecule has 0 aromatic carbocycles. The number of carbonyl (C=O) groups excluding carboxylic acids is 1. The van der Waals surface area contributed by atoms with Crippen LogP contribution in [0.15, 0.2) is 43.1 Å². The van der Waals surface area contributed by atoms with Crippen molar-refractivity contribution in [1.82, 2.24) is 24.8 Å². The molecule has 0 saturated carbocycles. The van der Waals surface area contributed by atoms with Gasteiger partial charge in [-0.1, -0.05) is 6.07 Å². The summed E-state index contributed by atoms with van der Waals surface area (Å²) in [7, 11) is 0. The van der Waals surface area contributed by atoms with E-state index in [9.17, 15) is 31.1 Å². The van der Waals surface area contributed by atoms with Crippen molar-refractivity contribution in [1.29, 1.82) is 0 Å². The minimum atomic E-state index is -5.08. The molecule has 2 aliphatic heterocycles. The van der Waals surface area contributed by atoms with Crippen molar-refractivity contribution in [3.8, 4) is 0 Å². The molecule has 0 radical (unpaired) electrons. The predicted octanol–water partition coefficient (Wildman–Crippen LogP) is 2.73. The number of aromatic nitrogens is 3. The van der Waals surface area contributed by atoms with Crippen molar-refractivity contribution in [2.45, 2.75) is 25.3 Å². The molecule has 38 heavy (non-hydrogen) atoms. The standard InChI is InChI=1S/C18H21N5O.2C2HF3O2/c24-18(17-9-20-5-6-21-17)23-7-3-15-11-22(12-16(15)13-23)10-14-2-1-4-19-8-14;2*3-2(4,5)1(6)7/h1-2,4-6,8-9,15-16H,3,7,10-13H2;2*(H,6,7)/t15-,16-;;/m1../s1. The molecular weight excluding hydrogens is 528 g/mol. The Labute approximate surface area is 211 Å². The maximum Gasteiger partial charge on any atom is 0.490 e. The monoisotopic (exact) mass is 551 g/mol. The summed E-state index contributed by atoms with van der Waals surface area (Å²) in [6, 6.07) is 4.11. The fourth-order valence-electron chi connectivity index (χ4n) is 3.90. The highest BCUT2D eigenvalue weighted by Crippen LogP contribution is 2.32. The van der Waals surface area contributed by atoms with Gasteiger partial charge in [0.2, 0.25) is 0 Å². The summed E-state index contributed by atoms with van der Waals surface area (Å²) in [5, 5.41) is 14.2. The predicted molar refractivity (Wildman–Crippen MR) is 116 cm³/mol. The Morgan fingerprint density at radius 3 is 1.95 bits per heavy atom. The van der Waals surface area contributed by atoms with Gasteiger partial charge in [0.25, 0.3) is 5.91 Å². The van der Waals surface area contributed by atoms with Crippen molar-refractivity contribution in [3.05, 3.63) is 54.4 Å². The molecule has 2 N–H and O–H groups in total. The van der Waals surface area contributed by atoms with Crippen LogP contribution in [0.1, 0.15) is 22.5 Å². The molecule has 2 atom stereocenters. The Balaban J connectivity index is 0.000000301. The second-order valence-electron chi connectivity index (χ2n) is 8.31. The van der Waals surface area contributed by atoms with Crippen molar-refractivity contribution >= 4 is 17.8 Å². The Kier molecular flexibility index (Phi) is 10.5. The number of halogens is 6. The Bertz CT molecular complexity index is 1050. The number of rotatable bonds is 3. The lowest BCUT2D eigenvalue weighted by Gasteiger charge is -2.34. The van der Waals surface area contributed by atoms with E-state index in [1.165, 1.54) is 5.56 Å². The molecule has 2 aliphatic rings. The lowest BCUT2D eigenvalue weighted by atomic mass is 9.88. The van der Waals surface area contributed by atoms with Gasteiger partial charge < -0.3 is 15.1 Å². The summed E-state index contributed by atoms with van der Waals surface area (Å²) < 4.78 is 63.5. The van der Waals surface area contributed by atoms with Gasteiger partial charge in [0.05, 0.1) is 6.20 Å². The number of pyridine rings is 1. The van der Waals surface area contributed by atoms with Crippen molar-refractivity contribution in [2.24, 2.45) is 11.8 Å². The van der Waals surface area contributed by atoms with Gasteiger partial charge in [-0.05, 0) is 29.9 Å². The topological polar surface area (TPSA) is 137 Å². The maximum atomic E-state index is 12.6. The molecule has 4 rings (SSSR count). The Hall–Kier alpha value is -3.82. The third-order valence-electron chi connectivity index (χ3n) is 5.56. The number of alkyl halides is 6. The number of carbonyl (C=O) groups is 3. The van der Waals surface area contributed by atoms with Crippen LogP contribution in [0.25, 0.3) is 0 Å². The zero-order chi connectivity index (χ0) is 28.5. The molecule has 2 saturated heterocycles. The fourth-order valence-corrected chi connectivity index (χ4v) is 3.90. The summed E-state index contributed by atoms with van der Waals surface area (Å²) in [6.07, 6.45) is -0.630. The van der Waals surface area contributed by atoms with Crippen LogP contribution in [0.3, 0.4) is 0 Å². The molecule has 16 heteroatoms. The highest BCUT2D eigenvalue weighted by molar-refractivity contribution is 5.92. The minimum absolute atomic E-state index is 0.00672. The Morgan fingerprint density at radius 1 is 0.868 bits per heavy atom. The summed E-state index contributed by atoms with van der Waals surface area (Å²) in [4.78, 5) is 47.1. The van der Waals surface area contributed by atoms with Gasteiger partial charge in [-0.2, -0.15) is 26.3 Å². The summed E-state index contributed by atoms with van der Waals surface area (Å²) in [5.74, 6) is -4.27. The van der Waals surface area contributed by atoms with Gasteiger partial charge in [-0.3, -0.25) is 19.7 Å². The van der Waals surface area contributed by atoms with Gasteiger partial charge in [0.15, 0.2) is 0 Å². The Morgan fingerprint density at radius 2 is 1.45 bits per heavy atom. The highest BCUT2D eigenvalue weighted by atomic mass is 19.4. The number of piperidine rings is 1. The number of aliphatic carboxylic acids is 2. The molecule has 2 aromatic heterocycles. The minimum Gasteiger partial charge on any atom is -0.475 e. The van der Waals surface area contributed by atoms with Crippen LogP contribution in [0.5, 0.6) is 0 Å². The van der Waals surface area contributed by atoms with Gasteiger partial charge in [0.1, 0.15) is 5.69 Å². The lowest BCUT2D eigenvalue weighted by molar-refractivity contribution is -0.193. The van der Waals surface area contributed by atoms with E-state index in [2.05, 4.69) is 25.9 Å². The maximum absolute atomic E-state index is 12.6. The van der Waals surface area contributed by atoms with Crippen molar-refractivity contribution in [2.75, 3.05) is 26.2 Å². The highest BCUT2D eigenvalue weighted by Gasteiger charge is 2.39. The molecule has 0 spiro atoms. The van der Waals surface area contributed by atoms with Crippen LogP contribution in [-0.2, 0) is 16.1 Å². The average molecular weight is 551 g/mol. The van der Waals surface area contributed by atoms with Crippen LogP contribution >= 0.6 is 0 Å². The van der Waals surface area contributed by atoms with Gasteiger partial charge in [-0.15, -0.1) is 0 Å². The molecule has 0 bridgehead atoms. The first kappa shape index (κ1) is 30.4. The number of hydrogen-bond acceptors (Lipinski definition) is 7. The number of hydrogen-bond donors (Lipinski definition) is 2. The second-order valence-corrected chi connectivity index (χ2v) is 8.31. The third kappa shape index (κ3) is 9.57. The van der Waals surface area contributed by atoms with Crippen LogP contribution in [-0.4, -0.2) is 91.3 Å². The number of nitrogens with zero attached hydrogens (tertiary/aromatic N) is 5. The number of carboxylic acids is 2. The number of likely N-dealkylation sites (tertiary alicyclic amines) is 2. The third-order valence-corrected chi connectivity index (χ3v) is 5.56. The molecule has 10 nitrogen and oxygen atoms in total. The fraction of sp³-hybridized carbons (Fsp3) is 0.455. The van der Waals surface area contributed by atoms with E-state index in [4.69, 9.17) is 19.8 Å². The molecule has 2 aromatic rings. The van der Waals surface area contributed by atoms with Crippen molar-refractivity contribution in [3.63, 3.8) is 0 Å².